The molecule has 1 saturated heterocycles. The summed E-state index contributed by atoms with van der Waals surface area (Å²) in [4.78, 5) is 15.1. The summed E-state index contributed by atoms with van der Waals surface area (Å²) in [6.07, 6.45) is 2.22. The third kappa shape index (κ3) is 4.72. The zero-order chi connectivity index (χ0) is 20.2. The first-order valence-electron chi connectivity index (χ1n) is 9.95. The minimum atomic E-state index is -0.161. The highest BCUT2D eigenvalue weighted by Crippen LogP contribution is 2.25. The summed E-state index contributed by atoms with van der Waals surface area (Å²) in [5.74, 6) is 0.438. The van der Waals surface area contributed by atoms with Crippen LogP contribution in [0.15, 0.2) is 60.8 Å². The second kappa shape index (κ2) is 8.59. The van der Waals surface area contributed by atoms with Crippen molar-refractivity contribution in [2.24, 2.45) is 0 Å². The fourth-order valence-electron chi connectivity index (χ4n) is 3.84. The van der Waals surface area contributed by atoms with Crippen molar-refractivity contribution < 1.29 is 9.53 Å². The Kier molecular flexibility index (Phi) is 5.74. The number of rotatable bonds is 5. The van der Waals surface area contributed by atoms with Crippen LogP contribution in [0.1, 0.15) is 29.8 Å². The Bertz CT molecular complexity index is 943. The molecule has 2 atom stereocenters. The van der Waals surface area contributed by atoms with Crippen LogP contribution in [0.25, 0.3) is 11.1 Å². The van der Waals surface area contributed by atoms with Gasteiger partial charge in [0.25, 0.3) is 5.91 Å². The molecule has 2 aromatic carbocycles. The first-order chi connectivity index (χ1) is 14.1. The summed E-state index contributed by atoms with van der Waals surface area (Å²) >= 11 is 0. The van der Waals surface area contributed by atoms with Gasteiger partial charge in [-0.25, -0.2) is 0 Å². The van der Waals surface area contributed by atoms with Gasteiger partial charge in [-0.2, -0.15) is 5.10 Å². The van der Waals surface area contributed by atoms with Crippen molar-refractivity contribution >= 4 is 11.7 Å². The van der Waals surface area contributed by atoms with Crippen LogP contribution in [0.2, 0.25) is 0 Å². The van der Waals surface area contributed by atoms with Gasteiger partial charge >= 0.3 is 0 Å². The lowest BCUT2D eigenvalue weighted by Crippen LogP contribution is -2.44. The fraction of sp³-hybridized carbons (Fsp3) is 0.304. The predicted molar refractivity (Wildman–Crippen MR) is 114 cm³/mol. The third-order valence-electron chi connectivity index (χ3n) is 5.08. The third-order valence-corrected chi connectivity index (χ3v) is 5.08. The zero-order valence-corrected chi connectivity index (χ0v) is 16.8. The Morgan fingerprint density at radius 2 is 1.79 bits per heavy atom. The molecule has 29 heavy (non-hydrogen) atoms. The molecule has 1 aromatic heterocycles. The number of anilines is 1. The molecule has 0 saturated carbocycles. The highest BCUT2D eigenvalue weighted by Gasteiger charge is 2.22. The smallest absolute Gasteiger partial charge is 0.256 e. The SMILES string of the molecule is CC1CN(Cc2ccc(C(=O)Nc3[nH]ncc3-c3ccccc3)cc2)CC(C)O1. The van der Waals surface area contributed by atoms with E-state index in [9.17, 15) is 4.79 Å². The second-order valence-electron chi connectivity index (χ2n) is 7.63. The summed E-state index contributed by atoms with van der Waals surface area (Å²) < 4.78 is 5.79. The summed E-state index contributed by atoms with van der Waals surface area (Å²) in [6.45, 7) is 6.92. The number of hydrogen-bond acceptors (Lipinski definition) is 4. The fourth-order valence-corrected chi connectivity index (χ4v) is 3.84. The maximum atomic E-state index is 12.7. The van der Waals surface area contributed by atoms with Crippen molar-refractivity contribution in [2.45, 2.75) is 32.6 Å². The van der Waals surface area contributed by atoms with Gasteiger partial charge in [0, 0.05) is 30.8 Å². The number of H-pyrrole nitrogens is 1. The van der Waals surface area contributed by atoms with Crippen LogP contribution in [0.5, 0.6) is 0 Å². The Morgan fingerprint density at radius 1 is 1.10 bits per heavy atom. The molecule has 0 bridgehead atoms. The number of ether oxygens (including phenoxy) is 1. The van der Waals surface area contributed by atoms with Crippen molar-refractivity contribution in [3.8, 4) is 11.1 Å². The summed E-state index contributed by atoms with van der Waals surface area (Å²) in [7, 11) is 0. The van der Waals surface area contributed by atoms with Crippen LogP contribution in [-0.2, 0) is 11.3 Å². The Hall–Kier alpha value is -2.96. The molecular formula is C23H26N4O2. The Labute approximate surface area is 170 Å². The van der Waals surface area contributed by atoms with Crippen molar-refractivity contribution in [1.29, 1.82) is 0 Å². The molecule has 0 aliphatic carbocycles. The lowest BCUT2D eigenvalue weighted by atomic mass is 10.1. The van der Waals surface area contributed by atoms with E-state index in [0.717, 1.165) is 30.8 Å². The van der Waals surface area contributed by atoms with E-state index in [1.807, 2.05) is 54.6 Å². The van der Waals surface area contributed by atoms with Gasteiger partial charge in [0.05, 0.1) is 18.4 Å². The number of hydrogen-bond donors (Lipinski definition) is 2. The van der Waals surface area contributed by atoms with Gasteiger partial charge in [0.15, 0.2) is 0 Å². The molecule has 2 unspecified atom stereocenters. The standard InChI is InChI=1S/C23H26N4O2/c1-16-13-27(14-17(2)29-16)15-18-8-10-20(11-9-18)23(28)25-22-21(12-24-26-22)19-6-4-3-5-7-19/h3-12,16-17H,13-15H2,1-2H3,(H2,24,25,26,28). The predicted octanol–water partition coefficient (Wildman–Crippen LogP) is 3.94. The average molecular weight is 390 g/mol. The van der Waals surface area contributed by atoms with Crippen LogP contribution in [0.3, 0.4) is 0 Å². The normalized spacial score (nSPS) is 19.8. The minimum Gasteiger partial charge on any atom is -0.373 e. The molecule has 1 aliphatic heterocycles. The maximum Gasteiger partial charge on any atom is 0.256 e. The van der Waals surface area contributed by atoms with E-state index in [0.29, 0.717) is 11.4 Å². The van der Waals surface area contributed by atoms with Gasteiger partial charge in [-0.1, -0.05) is 42.5 Å². The molecule has 6 nitrogen and oxygen atoms in total. The summed E-state index contributed by atoms with van der Waals surface area (Å²) in [5.41, 5.74) is 3.67. The summed E-state index contributed by atoms with van der Waals surface area (Å²) in [5, 5.41) is 9.89. The molecule has 0 radical (unpaired) electrons. The van der Waals surface area contributed by atoms with Crippen molar-refractivity contribution in [1.82, 2.24) is 15.1 Å². The number of amides is 1. The molecule has 6 heteroatoms. The molecule has 1 fully saturated rings. The molecule has 1 aliphatic rings. The quantitative estimate of drug-likeness (QED) is 0.692. The highest BCUT2D eigenvalue weighted by atomic mass is 16.5. The van der Waals surface area contributed by atoms with E-state index in [1.54, 1.807) is 6.20 Å². The van der Waals surface area contributed by atoms with E-state index < -0.39 is 0 Å². The lowest BCUT2D eigenvalue weighted by molar-refractivity contribution is -0.0704. The number of morpholine rings is 1. The highest BCUT2D eigenvalue weighted by molar-refractivity contribution is 6.05. The molecule has 2 heterocycles. The molecule has 4 rings (SSSR count). The molecule has 3 aromatic rings. The number of benzene rings is 2. The van der Waals surface area contributed by atoms with E-state index in [4.69, 9.17) is 4.74 Å². The number of carbonyl (C=O) groups excluding carboxylic acids is 1. The largest absolute Gasteiger partial charge is 0.373 e. The first-order valence-corrected chi connectivity index (χ1v) is 9.95. The van der Waals surface area contributed by atoms with Crippen molar-refractivity contribution in [2.75, 3.05) is 18.4 Å². The Morgan fingerprint density at radius 3 is 2.48 bits per heavy atom. The second-order valence-corrected chi connectivity index (χ2v) is 7.63. The minimum absolute atomic E-state index is 0.161. The average Bonchev–Trinajstić information content (AvgIpc) is 3.16. The molecule has 150 valence electrons. The van der Waals surface area contributed by atoms with E-state index >= 15 is 0 Å². The number of nitrogens with zero attached hydrogens (tertiary/aromatic N) is 2. The number of aromatic nitrogens is 2. The maximum absolute atomic E-state index is 12.7. The van der Waals surface area contributed by atoms with Gasteiger partial charge in [-0.15, -0.1) is 0 Å². The van der Waals surface area contributed by atoms with E-state index in [-0.39, 0.29) is 18.1 Å². The van der Waals surface area contributed by atoms with Gasteiger partial charge in [0.1, 0.15) is 5.82 Å². The van der Waals surface area contributed by atoms with Crippen molar-refractivity contribution in [3.63, 3.8) is 0 Å². The van der Waals surface area contributed by atoms with Crippen LogP contribution in [0, 0.1) is 0 Å². The van der Waals surface area contributed by atoms with Crippen LogP contribution in [-0.4, -0.2) is 46.3 Å². The molecule has 1 amide bonds. The molecule has 0 spiro atoms. The Balaban J connectivity index is 1.41. The first kappa shape index (κ1) is 19.4. The topological polar surface area (TPSA) is 70.2 Å². The van der Waals surface area contributed by atoms with Crippen LogP contribution < -0.4 is 5.32 Å². The van der Waals surface area contributed by atoms with Crippen LogP contribution >= 0.6 is 0 Å². The number of carbonyl (C=O) groups is 1. The van der Waals surface area contributed by atoms with Gasteiger partial charge in [-0.3, -0.25) is 14.8 Å². The number of nitrogens with one attached hydrogen (secondary N) is 2. The van der Waals surface area contributed by atoms with Crippen molar-refractivity contribution in [3.05, 3.63) is 71.9 Å². The van der Waals surface area contributed by atoms with Crippen LogP contribution in [0.4, 0.5) is 5.82 Å². The monoisotopic (exact) mass is 390 g/mol. The molecule has 2 N–H and O–H groups in total. The van der Waals surface area contributed by atoms with Gasteiger partial charge in [0.2, 0.25) is 0 Å². The van der Waals surface area contributed by atoms with Gasteiger partial charge < -0.3 is 10.1 Å². The molecular weight excluding hydrogens is 364 g/mol. The zero-order valence-electron chi connectivity index (χ0n) is 16.8. The van der Waals surface area contributed by atoms with E-state index in [2.05, 4.69) is 34.3 Å². The number of aromatic amines is 1. The van der Waals surface area contributed by atoms with E-state index in [1.165, 1.54) is 5.56 Å². The lowest BCUT2D eigenvalue weighted by Gasteiger charge is -2.35. The summed E-state index contributed by atoms with van der Waals surface area (Å²) in [6, 6.07) is 17.6. The van der Waals surface area contributed by atoms with Gasteiger partial charge in [-0.05, 0) is 37.1 Å².